The van der Waals surface area contributed by atoms with E-state index in [1.165, 1.54) is 19.0 Å². The van der Waals surface area contributed by atoms with E-state index in [0.717, 1.165) is 39.9 Å². The Hall–Kier alpha value is -2.62. The van der Waals surface area contributed by atoms with Gasteiger partial charge in [-0.05, 0) is 49.6 Å². The summed E-state index contributed by atoms with van der Waals surface area (Å²) < 4.78 is 28.3. The number of carbonyl (C=O) groups is 2. The van der Waals surface area contributed by atoms with Gasteiger partial charge in [0.1, 0.15) is 12.6 Å². The van der Waals surface area contributed by atoms with Gasteiger partial charge in [-0.3, -0.25) is 9.59 Å². The van der Waals surface area contributed by atoms with Crippen LogP contribution in [0.5, 0.6) is 0 Å². The lowest BCUT2D eigenvalue weighted by Crippen LogP contribution is -2.53. The van der Waals surface area contributed by atoms with Crippen molar-refractivity contribution in [1.29, 1.82) is 0 Å². The van der Waals surface area contributed by atoms with Gasteiger partial charge in [-0.25, -0.2) is 4.31 Å². The molecule has 0 aromatic heterocycles. The second-order valence-electron chi connectivity index (χ2n) is 8.95. The van der Waals surface area contributed by atoms with Gasteiger partial charge in [0.15, 0.2) is 0 Å². The molecule has 1 aliphatic carbocycles. The molecule has 2 aromatic rings. The number of hydrogen-bond acceptors (Lipinski definition) is 4. The number of para-hydroxylation sites is 1. The van der Waals surface area contributed by atoms with Gasteiger partial charge in [-0.2, -0.15) is 12.7 Å². The fraction of sp³-hybridized carbons (Fsp3) is 0.440. The highest BCUT2D eigenvalue weighted by Gasteiger charge is 2.33. The van der Waals surface area contributed by atoms with Gasteiger partial charge >= 0.3 is 10.2 Å². The van der Waals surface area contributed by atoms with Crippen molar-refractivity contribution in [2.45, 2.75) is 51.2 Å². The molecule has 8 nitrogen and oxygen atoms in total. The van der Waals surface area contributed by atoms with Gasteiger partial charge in [0, 0.05) is 31.7 Å². The Morgan fingerprint density at radius 3 is 2.31 bits per heavy atom. The van der Waals surface area contributed by atoms with Crippen molar-refractivity contribution in [3.8, 4) is 0 Å². The number of nitrogens with zero attached hydrogens (tertiary/aromatic N) is 3. The van der Waals surface area contributed by atoms with Crippen LogP contribution in [0, 0.1) is 0 Å². The number of rotatable bonds is 10. The first-order chi connectivity index (χ1) is 16.6. The third kappa shape index (κ3) is 6.96. The molecule has 1 saturated carbocycles. The fourth-order valence-electron chi connectivity index (χ4n) is 4.12. The quantitative estimate of drug-likeness (QED) is 0.519. The summed E-state index contributed by atoms with van der Waals surface area (Å²) >= 11 is 6.15. The Bertz CT molecular complexity index is 1120. The number of halogens is 1. The average Bonchev–Trinajstić information content (AvgIpc) is 3.33. The molecule has 3 rings (SSSR count). The summed E-state index contributed by atoms with van der Waals surface area (Å²) in [4.78, 5) is 28.2. The molecule has 0 aliphatic heterocycles. The lowest BCUT2D eigenvalue weighted by molar-refractivity contribution is -0.139. The number of carbonyl (C=O) groups excluding carboxylic acids is 2. The van der Waals surface area contributed by atoms with Crippen LogP contribution in [0.1, 0.15) is 38.2 Å². The highest BCUT2D eigenvalue weighted by Crippen LogP contribution is 2.22. The molecule has 1 atom stereocenters. The average molecular weight is 521 g/mol. The zero-order chi connectivity index (χ0) is 25.6. The summed E-state index contributed by atoms with van der Waals surface area (Å²) in [7, 11) is -1.14. The number of nitrogens with one attached hydrogen (secondary N) is 1. The van der Waals surface area contributed by atoms with Crippen LogP contribution >= 0.6 is 11.6 Å². The zero-order valence-electron chi connectivity index (χ0n) is 20.4. The fourth-order valence-corrected chi connectivity index (χ4v) is 5.39. The van der Waals surface area contributed by atoms with Crippen LogP contribution in [0.15, 0.2) is 54.6 Å². The molecule has 0 radical (unpaired) electrons. The van der Waals surface area contributed by atoms with Gasteiger partial charge in [0.05, 0.1) is 5.69 Å². The lowest BCUT2D eigenvalue weighted by atomic mass is 10.1. The Balaban J connectivity index is 1.90. The Morgan fingerprint density at radius 2 is 1.71 bits per heavy atom. The molecule has 0 heterocycles. The SMILES string of the molecule is CC(C(=O)NC1CCCC1)N(Cc1cccc(Cl)c1)C(=O)CN(c1ccccc1)S(=O)(=O)N(C)C. The van der Waals surface area contributed by atoms with Crippen molar-refractivity contribution in [2.75, 3.05) is 24.9 Å². The van der Waals surface area contributed by atoms with Gasteiger partial charge in [0.25, 0.3) is 0 Å². The third-order valence-corrected chi connectivity index (χ3v) is 8.23. The molecule has 0 bridgehead atoms. The van der Waals surface area contributed by atoms with Crippen LogP contribution in [0.25, 0.3) is 0 Å². The summed E-state index contributed by atoms with van der Waals surface area (Å²) in [5, 5.41) is 3.56. The summed E-state index contributed by atoms with van der Waals surface area (Å²) in [6.07, 6.45) is 3.98. The van der Waals surface area contributed by atoms with Crippen LogP contribution in [0.3, 0.4) is 0 Å². The number of benzene rings is 2. The first-order valence-electron chi connectivity index (χ1n) is 11.7. The molecule has 10 heteroatoms. The smallest absolute Gasteiger partial charge is 0.304 e. The van der Waals surface area contributed by atoms with Crippen molar-refractivity contribution < 1.29 is 18.0 Å². The van der Waals surface area contributed by atoms with E-state index in [2.05, 4.69) is 5.32 Å². The minimum Gasteiger partial charge on any atom is -0.352 e. The summed E-state index contributed by atoms with van der Waals surface area (Å²) in [5.41, 5.74) is 1.11. The van der Waals surface area contributed by atoms with Crippen LogP contribution < -0.4 is 9.62 Å². The maximum atomic E-state index is 13.7. The van der Waals surface area contributed by atoms with Gasteiger partial charge in [-0.1, -0.05) is 54.8 Å². The highest BCUT2D eigenvalue weighted by atomic mass is 35.5. The van der Waals surface area contributed by atoms with Crippen LogP contribution in [0.4, 0.5) is 5.69 Å². The van der Waals surface area contributed by atoms with E-state index in [1.807, 2.05) is 6.07 Å². The third-order valence-electron chi connectivity index (χ3n) is 6.17. The first-order valence-corrected chi connectivity index (χ1v) is 13.5. The second-order valence-corrected chi connectivity index (χ2v) is 11.5. The minimum absolute atomic E-state index is 0.100. The number of anilines is 1. The van der Waals surface area contributed by atoms with Gasteiger partial charge < -0.3 is 10.2 Å². The van der Waals surface area contributed by atoms with Crippen molar-refractivity contribution in [2.24, 2.45) is 0 Å². The van der Waals surface area contributed by atoms with E-state index in [-0.39, 0.29) is 18.5 Å². The van der Waals surface area contributed by atoms with Crippen molar-refractivity contribution in [1.82, 2.24) is 14.5 Å². The number of amides is 2. The number of hydrogen-bond donors (Lipinski definition) is 1. The largest absolute Gasteiger partial charge is 0.352 e. The standard InChI is InChI=1S/C25H33ClN4O4S/c1-19(25(32)27-22-12-7-8-13-22)29(17-20-10-9-11-21(26)16-20)24(31)18-30(35(33,34)28(2)3)23-14-5-4-6-15-23/h4-6,9-11,14-16,19,22H,7-8,12-13,17-18H2,1-3H3,(H,27,32). The molecule has 1 N–H and O–H groups in total. The van der Waals surface area contributed by atoms with E-state index in [1.54, 1.807) is 55.5 Å². The molecular weight excluding hydrogens is 488 g/mol. The van der Waals surface area contributed by atoms with E-state index < -0.39 is 28.7 Å². The van der Waals surface area contributed by atoms with Crippen LogP contribution in [-0.2, 0) is 26.3 Å². The van der Waals surface area contributed by atoms with Crippen LogP contribution in [0.2, 0.25) is 5.02 Å². The van der Waals surface area contributed by atoms with Crippen LogP contribution in [-0.4, -0.2) is 62.2 Å². The topological polar surface area (TPSA) is 90.0 Å². The molecule has 0 spiro atoms. The van der Waals surface area contributed by atoms with Crippen molar-refractivity contribution in [3.63, 3.8) is 0 Å². The van der Waals surface area contributed by atoms with E-state index in [0.29, 0.717) is 10.7 Å². The summed E-state index contributed by atoms with van der Waals surface area (Å²) in [6, 6.07) is 14.8. The molecular formula is C25H33ClN4O4S. The molecule has 2 aromatic carbocycles. The van der Waals surface area contributed by atoms with E-state index in [9.17, 15) is 18.0 Å². The maximum Gasteiger partial charge on any atom is 0.304 e. The summed E-state index contributed by atoms with van der Waals surface area (Å²) in [5.74, 6) is -0.748. The predicted molar refractivity (Wildman–Crippen MR) is 138 cm³/mol. The first kappa shape index (κ1) is 27.0. The molecule has 2 amide bonds. The lowest BCUT2D eigenvalue weighted by Gasteiger charge is -2.33. The molecule has 1 fully saturated rings. The maximum absolute atomic E-state index is 13.7. The molecule has 0 saturated heterocycles. The predicted octanol–water partition coefficient (Wildman–Crippen LogP) is 3.43. The van der Waals surface area contributed by atoms with Gasteiger partial charge in [-0.15, -0.1) is 0 Å². The Kier molecular flexibility index (Phi) is 9.15. The second kappa shape index (κ2) is 11.9. The molecule has 35 heavy (non-hydrogen) atoms. The zero-order valence-corrected chi connectivity index (χ0v) is 21.9. The van der Waals surface area contributed by atoms with E-state index in [4.69, 9.17) is 11.6 Å². The van der Waals surface area contributed by atoms with Crippen molar-refractivity contribution >= 4 is 39.3 Å². The van der Waals surface area contributed by atoms with Crippen molar-refractivity contribution in [3.05, 3.63) is 65.2 Å². The molecule has 1 unspecified atom stereocenters. The Morgan fingerprint density at radius 1 is 1.06 bits per heavy atom. The molecule has 1 aliphatic rings. The monoisotopic (exact) mass is 520 g/mol. The molecule has 190 valence electrons. The Labute approximate surface area is 213 Å². The van der Waals surface area contributed by atoms with E-state index >= 15 is 0 Å². The highest BCUT2D eigenvalue weighted by molar-refractivity contribution is 7.90. The normalized spacial score (nSPS) is 15.1. The minimum atomic E-state index is -3.97. The van der Waals surface area contributed by atoms with Gasteiger partial charge in [0.2, 0.25) is 11.8 Å². The summed E-state index contributed by atoms with van der Waals surface area (Å²) in [6.45, 7) is 1.33.